The number of piperidine rings is 1. The molecule has 2 aromatic carbocycles. The van der Waals surface area contributed by atoms with E-state index < -0.39 is 5.97 Å². The molecule has 1 N–H and O–H groups in total. The first-order valence-corrected chi connectivity index (χ1v) is 12.5. The Kier molecular flexibility index (Phi) is 7.30. The van der Waals surface area contributed by atoms with E-state index in [1.807, 2.05) is 17.8 Å². The number of benzene rings is 2. The molecule has 0 bridgehead atoms. The Hall–Kier alpha value is -1.40. The van der Waals surface area contributed by atoms with Crippen molar-refractivity contribution in [2.24, 2.45) is 0 Å². The summed E-state index contributed by atoms with van der Waals surface area (Å²) >= 11 is 8.37. The lowest BCUT2D eigenvalue weighted by Crippen LogP contribution is -2.44. The van der Waals surface area contributed by atoms with Gasteiger partial charge >= 0.3 is 5.97 Å². The highest BCUT2D eigenvalue weighted by Gasteiger charge is 2.43. The monoisotopic (exact) mass is 493 g/mol. The van der Waals surface area contributed by atoms with Crippen molar-refractivity contribution in [2.75, 3.05) is 26.2 Å². The zero-order valence-electron chi connectivity index (χ0n) is 18.0. The van der Waals surface area contributed by atoms with E-state index >= 15 is 0 Å². The van der Waals surface area contributed by atoms with Crippen molar-refractivity contribution in [3.8, 4) is 5.75 Å². The van der Waals surface area contributed by atoms with Crippen LogP contribution in [-0.2, 0) is 16.0 Å². The second-order valence-corrected chi connectivity index (χ2v) is 10.5. The van der Waals surface area contributed by atoms with Crippen molar-refractivity contribution in [1.29, 1.82) is 0 Å². The fourth-order valence-electron chi connectivity index (χ4n) is 4.98. The van der Waals surface area contributed by atoms with Crippen LogP contribution in [-0.4, -0.2) is 42.2 Å². The van der Waals surface area contributed by atoms with Gasteiger partial charge in [-0.25, -0.2) is 0 Å². The van der Waals surface area contributed by atoms with E-state index in [1.165, 1.54) is 34.4 Å². The van der Waals surface area contributed by atoms with Crippen molar-refractivity contribution in [1.82, 2.24) is 4.90 Å². The van der Waals surface area contributed by atoms with Crippen LogP contribution < -0.4 is 4.74 Å². The van der Waals surface area contributed by atoms with Crippen molar-refractivity contribution >= 4 is 41.7 Å². The van der Waals surface area contributed by atoms with Gasteiger partial charge in [-0.3, -0.25) is 4.79 Å². The Morgan fingerprint density at radius 1 is 1.22 bits per heavy atom. The van der Waals surface area contributed by atoms with Crippen molar-refractivity contribution in [3.63, 3.8) is 0 Å². The number of likely N-dealkylation sites (tertiary alicyclic amines) is 1. The van der Waals surface area contributed by atoms with E-state index in [4.69, 9.17) is 21.4 Å². The van der Waals surface area contributed by atoms with Crippen LogP contribution >= 0.6 is 35.8 Å². The van der Waals surface area contributed by atoms with Gasteiger partial charge in [0.2, 0.25) is 0 Å². The summed E-state index contributed by atoms with van der Waals surface area (Å²) in [6.45, 7) is 3.24. The Morgan fingerprint density at radius 2 is 2.00 bits per heavy atom. The molecule has 0 radical (unpaired) electrons. The molecule has 0 unspecified atom stereocenters. The first kappa shape index (κ1) is 23.7. The molecular weight excluding hydrogens is 465 g/mol. The molecule has 2 fully saturated rings. The summed E-state index contributed by atoms with van der Waals surface area (Å²) < 4.78 is 6.16. The normalized spacial score (nSPS) is 19.3. The van der Waals surface area contributed by atoms with Gasteiger partial charge in [-0.1, -0.05) is 29.8 Å². The van der Waals surface area contributed by atoms with Crippen LogP contribution in [0, 0.1) is 0 Å². The van der Waals surface area contributed by atoms with Gasteiger partial charge in [-0.05, 0) is 74.0 Å². The number of hydrogen-bond donors (Lipinski definition) is 1. The fourth-order valence-corrected chi connectivity index (χ4v) is 6.29. The lowest BCUT2D eigenvalue weighted by atomic mass is 9.74. The molecule has 4 nitrogen and oxygen atoms in total. The largest absolute Gasteiger partial charge is 0.492 e. The number of ether oxygens (including phenoxy) is 1. The molecule has 3 aliphatic rings. The van der Waals surface area contributed by atoms with Crippen LogP contribution in [0.2, 0.25) is 5.02 Å². The van der Waals surface area contributed by atoms with Gasteiger partial charge in [-0.2, -0.15) is 0 Å². The minimum Gasteiger partial charge on any atom is -0.492 e. The second-order valence-electron chi connectivity index (χ2n) is 9.08. The smallest absolute Gasteiger partial charge is 0.304 e. The number of halogens is 2. The maximum absolute atomic E-state index is 10.8. The first-order valence-electron chi connectivity index (χ1n) is 11.2. The van der Waals surface area contributed by atoms with Gasteiger partial charge in [-0.15, -0.1) is 24.2 Å². The van der Waals surface area contributed by atoms with Gasteiger partial charge in [0.25, 0.3) is 0 Å². The molecule has 1 saturated heterocycles. The molecule has 1 aliphatic carbocycles. The fraction of sp³-hybridized carbons (Fsp3) is 0.480. The van der Waals surface area contributed by atoms with Crippen LogP contribution in [0.15, 0.2) is 41.3 Å². The summed E-state index contributed by atoms with van der Waals surface area (Å²) in [7, 11) is 0. The topological polar surface area (TPSA) is 49.8 Å². The molecule has 32 heavy (non-hydrogen) atoms. The molecule has 2 aromatic rings. The highest BCUT2D eigenvalue weighted by molar-refractivity contribution is 7.98. The number of rotatable bonds is 7. The van der Waals surface area contributed by atoms with Crippen molar-refractivity contribution < 1.29 is 14.6 Å². The van der Waals surface area contributed by atoms with E-state index in [-0.39, 0.29) is 24.2 Å². The molecule has 0 amide bonds. The Morgan fingerprint density at radius 3 is 2.72 bits per heavy atom. The van der Waals surface area contributed by atoms with Crippen LogP contribution in [0.4, 0.5) is 0 Å². The Balaban J connectivity index is 0.00000245. The molecule has 1 saturated carbocycles. The van der Waals surface area contributed by atoms with E-state index in [1.54, 1.807) is 0 Å². The third kappa shape index (κ3) is 4.91. The van der Waals surface area contributed by atoms with Crippen molar-refractivity contribution in [3.05, 3.63) is 58.1 Å². The maximum atomic E-state index is 10.8. The van der Waals surface area contributed by atoms with Crippen molar-refractivity contribution in [2.45, 2.75) is 54.1 Å². The van der Waals surface area contributed by atoms with E-state index in [0.29, 0.717) is 12.5 Å². The number of carboxylic acid groups (broad SMARTS) is 1. The third-order valence-corrected chi connectivity index (χ3v) is 8.41. The molecule has 2 heterocycles. The molecule has 172 valence electrons. The van der Waals surface area contributed by atoms with Gasteiger partial charge in [0.05, 0.1) is 13.0 Å². The molecule has 0 atom stereocenters. The Bertz CT molecular complexity index is 987. The molecule has 0 aromatic heterocycles. The number of aliphatic carboxylic acids is 1. The molecule has 1 spiro atoms. The number of nitrogens with zero attached hydrogens (tertiary/aromatic N) is 1. The van der Waals surface area contributed by atoms with Crippen LogP contribution in [0.25, 0.3) is 0 Å². The Labute approximate surface area is 205 Å². The summed E-state index contributed by atoms with van der Waals surface area (Å²) in [5, 5.41) is 9.80. The number of thioether (sulfide) groups is 1. The van der Waals surface area contributed by atoms with Gasteiger partial charge in [0, 0.05) is 33.2 Å². The average molecular weight is 494 g/mol. The number of hydrogen-bond acceptors (Lipinski definition) is 4. The molecule has 2 aliphatic heterocycles. The van der Waals surface area contributed by atoms with E-state index in [2.05, 4.69) is 35.2 Å². The molecule has 5 rings (SSSR count). The lowest BCUT2D eigenvalue weighted by Gasteiger charge is -2.38. The number of fused-ring (bicyclic) bond motifs is 2. The summed E-state index contributed by atoms with van der Waals surface area (Å²) in [5.74, 6) is 1.87. The predicted octanol–water partition coefficient (Wildman–Crippen LogP) is 6.13. The van der Waals surface area contributed by atoms with Gasteiger partial charge in [0.15, 0.2) is 0 Å². The van der Waals surface area contributed by atoms with Crippen LogP contribution in [0.1, 0.15) is 54.7 Å². The van der Waals surface area contributed by atoms with Gasteiger partial charge < -0.3 is 14.7 Å². The summed E-state index contributed by atoms with van der Waals surface area (Å²) in [6, 6.07) is 13.0. The quantitative estimate of drug-likeness (QED) is 0.469. The molecule has 7 heteroatoms. The number of carboxylic acids is 1. The van der Waals surface area contributed by atoms with Gasteiger partial charge in [0.1, 0.15) is 5.75 Å². The third-order valence-electron chi connectivity index (χ3n) is 7.04. The summed E-state index contributed by atoms with van der Waals surface area (Å²) in [4.78, 5) is 14.3. The highest BCUT2D eigenvalue weighted by atomic mass is 35.5. The highest BCUT2D eigenvalue weighted by Crippen LogP contribution is 2.48. The average Bonchev–Trinajstić information content (AvgIpc) is 3.56. The van der Waals surface area contributed by atoms with Crippen LogP contribution in [0.3, 0.4) is 0 Å². The minimum absolute atomic E-state index is 0. The minimum atomic E-state index is -0.721. The standard InChI is InChI=1S/C25H28ClNO3S.ClH/c26-22-3-1-2-19(17-4-5-17)20(22)15-31-18-6-7-21-23(14-18)30-16-25(21)9-12-27(13-10-25)11-8-24(28)29;/h1-3,6-7,14,17H,4-5,8-13,15-16H2,(H,28,29);1H. The molecular formula is C25H29Cl2NO3S. The van der Waals surface area contributed by atoms with E-state index in [0.717, 1.165) is 49.1 Å². The predicted molar refractivity (Wildman–Crippen MR) is 132 cm³/mol. The SMILES string of the molecule is Cl.O=C(O)CCN1CCC2(CC1)COc1cc(SCc3c(Cl)cccc3C3CC3)ccc12. The summed E-state index contributed by atoms with van der Waals surface area (Å²) in [5.41, 5.74) is 4.11. The summed E-state index contributed by atoms with van der Waals surface area (Å²) in [6.07, 6.45) is 4.82. The van der Waals surface area contributed by atoms with E-state index in [9.17, 15) is 4.79 Å². The first-order chi connectivity index (χ1) is 15.0. The zero-order valence-corrected chi connectivity index (χ0v) is 20.4. The maximum Gasteiger partial charge on any atom is 0.304 e. The van der Waals surface area contributed by atoms with Crippen LogP contribution in [0.5, 0.6) is 5.75 Å². The zero-order chi connectivity index (χ0) is 21.4. The second kappa shape index (κ2) is 9.84. The lowest BCUT2D eigenvalue weighted by molar-refractivity contribution is -0.137. The number of carbonyl (C=O) groups is 1.